The van der Waals surface area contributed by atoms with Crippen LogP contribution in [0.25, 0.3) is 0 Å². The smallest absolute Gasteiger partial charge is 0.258 e. The number of carbonyl (C=O) groups is 1. The quantitative estimate of drug-likeness (QED) is 0.844. The molecule has 25 heavy (non-hydrogen) atoms. The Morgan fingerprint density at radius 2 is 1.92 bits per heavy atom. The van der Waals surface area contributed by atoms with E-state index < -0.39 is 10.0 Å². The molecule has 1 heterocycles. The van der Waals surface area contributed by atoms with Crippen molar-refractivity contribution in [3.05, 3.63) is 59.7 Å². The summed E-state index contributed by atoms with van der Waals surface area (Å²) in [4.78, 5) is 14.9. The third-order valence-electron chi connectivity index (χ3n) is 4.66. The Bertz CT molecular complexity index is 908. The molecule has 0 fully saturated rings. The van der Waals surface area contributed by atoms with Crippen molar-refractivity contribution in [2.45, 2.75) is 26.3 Å². The number of sulfonamides is 1. The van der Waals surface area contributed by atoms with Crippen molar-refractivity contribution >= 4 is 27.3 Å². The van der Waals surface area contributed by atoms with Gasteiger partial charge in [-0.15, -0.1) is 0 Å². The van der Waals surface area contributed by atoms with Gasteiger partial charge in [0.15, 0.2) is 0 Å². The number of fused-ring (bicyclic) bond motifs is 1. The van der Waals surface area contributed by atoms with E-state index in [0.29, 0.717) is 11.3 Å². The molecule has 0 aliphatic carbocycles. The van der Waals surface area contributed by atoms with Crippen LogP contribution in [-0.2, 0) is 16.4 Å². The normalized spacial score (nSPS) is 16.6. The molecule has 0 saturated heterocycles. The van der Waals surface area contributed by atoms with E-state index in [-0.39, 0.29) is 17.7 Å². The third kappa shape index (κ3) is 3.14. The van der Waals surface area contributed by atoms with E-state index in [4.69, 9.17) is 0 Å². The number of rotatable bonds is 4. The second-order valence-corrected chi connectivity index (χ2v) is 8.56. The molecular weight excluding hydrogens is 336 g/mol. The lowest BCUT2D eigenvalue weighted by Crippen LogP contribution is -2.36. The molecule has 0 radical (unpaired) electrons. The molecule has 0 saturated carbocycles. The summed E-state index contributed by atoms with van der Waals surface area (Å²) in [7, 11) is -1.85. The van der Waals surface area contributed by atoms with Gasteiger partial charge in [-0.3, -0.25) is 9.10 Å². The number of benzene rings is 2. The van der Waals surface area contributed by atoms with Crippen LogP contribution in [0.1, 0.15) is 29.8 Å². The van der Waals surface area contributed by atoms with Gasteiger partial charge < -0.3 is 4.90 Å². The number of hydrogen-bond acceptors (Lipinski definition) is 3. The molecule has 0 spiro atoms. The fourth-order valence-corrected chi connectivity index (χ4v) is 4.03. The lowest BCUT2D eigenvalue weighted by atomic mass is 10.1. The summed E-state index contributed by atoms with van der Waals surface area (Å²) in [5.41, 5.74) is 3.07. The van der Waals surface area contributed by atoms with Gasteiger partial charge in [-0.05, 0) is 50.1 Å². The molecule has 0 N–H and O–H groups in total. The summed E-state index contributed by atoms with van der Waals surface area (Å²) in [6, 6.07) is 14.8. The van der Waals surface area contributed by atoms with E-state index in [0.717, 1.165) is 17.7 Å². The zero-order valence-electron chi connectivity index (χ0n) is 14.6. The Balaban J connectivity index is 1.95. The third-order valence-corrected chi connectivity index (χ3v) is 6.44. The Morgan fingerprint density at radius 1 is 1.20 bits per heavy atom. The minimum Gasteiger partial charge on any atom is -0.305 e. The summed E-state index contributed by atoms with van der Waals surface area (Å²) in [5.74, 6) is -0.0975. The van der Waals surface area contributed by atoms with Crippen LogP contribution < -0.4 is 9.21 Å². The molecule has 0 unspecified atom stereocenters. The van der Waals surface area contributed by atoms with Gasteiger partial charge >= 0.3 is 0 Å². The maximum Gasteiger partial charge on any atom is 0.258 e. The average Bonchev–Trinajstić information content (AvgIpc) is 2.96. The van der Waals surface area contributed by atoms with Crippen molar-refractivity contribution in [1.82, 2.24) is 0 Å². The minimum atomic E-state index is -3.36. The second-order valence-electron chi connectivity index (χ2n) is 6.28. The van der Waals surface area contributed by atoms with E-state index in [1.165, 1.54) is 11.4 Å². The van der Waals surface area contributed by atoms with Gasteiger partial charge in [0.25, 0.3) is 5.91 Å². The van der Waals surface area contributed by atoms with Crippen molar-refractivity contribution in [3.63, 3.8) is 0 Å². The largest absolute Gasteiger partial charge is 0.305 e. The van der Waals surface area contributed by atoms with Crippen LogP contribution in [0, 0.1) is 0 Å². The summed E-state index contributed by atoms with van der Waals surface area (Å²) in [5, 5.41) is 0. The van der Waals surface area contributed by atoms with Gasteiger partial charge in [-0.25, -0.2) is 8.42 Å². The number of nitrogens with zero attached hydrogens (tertiary/aromatic N) is 2. The highest BCUT2D eigenvalue weighted by atomic mass is 32.2. The number of hydrogen-bond donors (Lipinski definition) is 0. The van der Waals surface area contributed by atoms with E-state index in [9.17, 15) is 13.2 Å². The average molecular weight is 358 g/mol. The van der Waals surface area contributed by atoms with Crippen LogP contribution in [0.2, 0.25) is 0 Å². The first-order chi connectivity index (χ1) is 11.8. The Labute approximate surface area is 148 Å². The summed E-state index contributed by atoms with van der Waals surface area (Å²) in [6.07, 6.45) is 0.825. The first kappa shape index (κ1) is 17.5. The van der Waals surface area contributed by atoms with Crippen molar-refractivity contribution in [1.29, 1.82) is 0 Å². The zero-order valence-corrected chi connectivity index (χ0v) is 15.5. The maximum atomic E-state index is 13.1. The van der Waals surface area contributed by atoms with Gasteiger partial charge in [0, 0.05) is 24.3 Å². The molecule has 3 rings (SSSR count). The number of carbonyl (C=O) groups excluding carboxylic acids is 1. The van der Waals surface area contributed by atoms with E-state index in [2.05, 4.69) is 0 Å². The highest BCUT2D eigenvalue weighted by molar-refractivity contribution is 7.92. The Kier molecular flexibility index (Phi) is 4.56. The van der Waals surface area contributed by atoms with Crippen LogP contribution in [0.5, 0.6) is 0 Å². The number of amides is 1. The van der Waals surface area contributed by atoms with Gasteiger partial charge in [-0.1, -0.05) is 24.3 Å². The molecule has 1 aliphatic rings. The molecule has 132 valence electrons. The minimum absolute atomic E-state index is 0.0121. The molecule has 1 amide bonds. The molecule has 1 atom stereocenters. The highest BCUT2D eigenvalue weighted by Crippen LogP contribution is 2.33. The Morgan fingerprint density at radius 3 is 2.64 bits per heavy atom. The van der Waals surface area contributed by atoms with Gasteiger partial charge in [0.1, 0.15) is 0 Å². The summed E-state index contributed by atoms with van der Waals surface area (Å²) < 4.78 is 25.4. The molecule has 1 aliphatic heterocycles. The van der Waals surface area contributed by atoms with Crippen molar-refractivity contribution in [2.24, 2.45) is 0 Å². The van der Waals surface area contributed by atoms with Crippen LogP contribution >= 0.6 is 0 Å². The monoisotopic (exact) mass is 358 g/mol. The van der Waals surface area contributed by atoms with Crippen LogP contribution in [0.15, 0.2) is 48.5 Å². The van der Waals surface area contributed by atoms with Crippen molar-refractivity contribution < 1.29 is 13.2 Å². The lowest BCUT2D eigenvalue weighted by molar-refractivity contribution is 0.0981. The predicted molar refractivity (Wildman–Crippen MR) is 101 cm³/mol. The molecule has 2 aromatic carbocycles. The molecule has 0 bridgehead atoms. The second kappa shape index (κ2) is 6.52. The molecular formula is C19H22N2O3S. The molecule has 5 nitrogen and oxygen atoms in total. The topological polar surface area (TPSA) is 57.7 Å². The fourth-order valence-electron chi connectivity index (χ4n) is 3.20. The van der Waals surface area contributed by atoms with Crippen LogP contribution in [0.4, 0.5) is 11.4 Å². The standard InChI is InChI=1S/C19H22N2O3S/c1-4-25(23,24)20(3)17-10-7-9-16(13-17)19(22)21-14(2)12-15-8-5-6-11-18(15)21/h5-11,13-14H,4,12H2,1-3H3/t14-/m0/s1. The fraction of sp³-hybridized carbons (Fsp3) is 0.316. The molecule has 2 aromatic rings. The van der Waals surface area contributed by atoms with Gasteiger partial charge in [0.2, 0.25) is 10.0 Å². The SMILES string of the molecule is CCS(=O)(=O)N(C)c1cccc(C(=O)N2c3ccccc3C[C@@H]2C)c1. The van der Waals surface area contributed by atoms with E-state index >= 15 is 0 Å². The van der Waals surface area contributed by atoms with E-state index in [1.54, 1.807) is 36.1 Å². The van der Waals surface area contributed by atoms with Crippen LogP contribution in [-0.4, -0.2) is 33.2 Å². The Hall–Kier alpha value is -2.34. The molecule has 0 aromatic heterocycles. The predicted octanol–water partition coefficient (Wildman–Crippen LogP) is 3.06. The van der Waals surface area contributed by atoms with Gasteiger partial charge in [0.05, 0.1) is 11.4 Å². The summed E-state index contributed by atoms with van der Waals surface area (Å²) >= 11 is 0. The first-order valence-electron chi connectivity index (χ1n) is 8.33. The number of anilines is 2. The highest BCUT2D eigenvalue weighted by Gasteiger charge is 2.31. The zero-order chi connectivity index (χ0) is 18.2. The summed E-state index contributed by atoms with van der Waals surface area (Å²) in [6.45, 7) is 3.62. The number of para-hydroxylation sites is 1. The van der Waals surface area contributed by atoms with Crippen molar-refractivity contribution in [2.75, 3.05) is 22.0 Å². The lowest BCUT2D eigenvalue weighted by Gasteiger charge is -2.24. The van der Waals surface area contributed by atoms with Crippen molar-refractivity contribution in [3.8, 4) is 0 Å². The maximum absolute atomic E-state index is 13.1. The first-order valence-corrected chi connectivity index (χ1v) is 9.94. The van der Waals surface area contributed by atoms with E-state index in [1.807, 2.05) is 31.2 Å². The van der Waals surface area contributed by atoms with Gasteiger partial charge in [-0.2, -0.15) is 0 Å². The van der Waals surface area contributed by atoms with Crippen LogP contribution in [0.3, 0.4) is 0 Å². The molecule has 6 heteroatoms.